The molecule has 2 heterocycles. The summed E-state index contributed by atoms with van der Waals surface area (Å²) in [7, 11) is 2.25. The maximum Gasteiger partial charge on any atom is 0.0958 e. The van der Waals surface area contributed by atoms with Gasteiger partial charge in [0.1, 0.15) is 0 Å². The first-order valence-electron chi connectivity index (χ1n) is 8.92. The minimum Gasteiger partial charge on any atom is -0.329 e. The molecule has 0 N–H and O–H groups in total. The van der Waals surface area contributed by atoms with Gasteiger partial charge in [-0.2, -0.15) is 0 Å². The largest absolute Gasteiger partial charge is 0.329 e. The van der Waals surface area contributed by atoms with Crippen LogP contribution in [-0.4, -0.2) is 59.1 Å². The summed E-state index contributed by atoms with van der Waals surface area (Å²) in [5.74, 6) is 1.61. The number of para-hydroxylation sites is 2. The highest BCUT2D eigenvalue weighted by atomic mass is 15.2. The van der Waals surface area contributed by atoms with Crippen molar-refractivity contribution in [2.45, 2.75) is 26.8 Å². The van der Waals surface area contributed by atoms with Crippen LogP contribution in [0.4, 0.5) is 0 Å². The van der Waals surface area contributed by atoms with Gasteiger partial charge >= 0.3 is 0 Å². The first kappa shape index (κ1) is 16.5. The van der Waals surface area contributed by atoms with E-state index in [1.807, 2.05) is 6.33 Å². The van der Waals surface area contributed by atoms with Crippen LogP contribution in [0, 0.1) is 11.8 Å². The van der Waals surface area contributed by atoms with E-state index in [2.05, 4.69) is 64.5 Å². The van der Waals surface area contributed by atoms with E-state index >= 15 is 0 Å². The molecule has 4 heteroatoms. The number of rotatable bonds is 7. The van der Waals surface area contributed by atoms with Crippen molar-refractivity contribution in [2.24, 2.45) is 11.8 Å². The Morgan fingerprint density at radius 1 is 1.30 bits per heavy atom. The number of likely N-dealkylation sites (N-methyl/N-ethyl adjacent to an activating group) is 1. The topological polar surface area (TPSA) is 24.3 Å². The predicted molar refractivity (Wildman–Crippen MR) is 96.6 cm³/mol. The van der Waals surface area contributed by atoms with E-state index in [1.54, 1.807) is 0 Å². The third-order valence-corrected chi connectivity index (χ3v) is 4.81. The average Bonchev–Trinajstić information content (AvgIpc) is 3.11. The molecule has 1 unspecified atom stereocenters. The lowest BCUT2D eigenvalue weighted by Gasteiger charge is -2.22. The van der Waals surface area contributed by atoms with Crippen LogP contribution in [0.2, 0.25) is 0 Å². The summed E-state index contributed by atoms with van der Waals surface area (Å²) in [6, 6.07) is 8.38. The fourth-order valence-corrected chi connectivity index (χ4v) is 3.74. The number of hydrogen-bond acceptors (Lipinski definition) is 3. The van der Waals surface area contributed by atoms with Crippen LogP contribution in [0.25, 0.3) is 11.0 Å². The van der Waals surface area contributed by atoms with Gasteiger partial charge in [-0.05, 0) is 44.0 Å². The van der Waals surface area contributed by atoms with Gasteiger partial charge in [0.25, 0.3) is 0 Å². The van der Waals surface area contributed by atoms with Crippen molar-refractivity contribution >= 4 is 11.0 Å². The summed E-state index contributed by atoms with van der Waals surface area (Å²) in [5.41, 5.74) is 2.33. The van der Waals surface area contributed by atoms with Crippen LogP contribution >= 0.6 is 0 Å². The number of benzene rings is 1. The maximum atomic E-state index is 4.48. The molecule has 1 atom stereocenters. The Bertz CT molecular complexity index is 619. The Hall–Kier alpha value is -1.39. The molecule has 23 heavy (non-hydrogen) atoms. The molecule has 0 saturated carbocycles. The summed E-state index contributed by atoms with van der Waals surface area (Å²) in [4.78, 5) is 9.59. The molecule has 0 spiro atoms. The van der Waals surface area contributed by atoms with Crippen LogP contribution in [0.1, 0.15) is 20.3 Å². The zero-order valence-electron chi connectivity index (χ0n) is 14.8. The van der Waals surface area contributed by atoms with Crippen LogP contribution in [-0.2, 0) is 6.54 Å². The normalized spacial score (nSPS) is 19.4. The van der Waals surface area contributed by atoms with Gasteiger partial charge in [0.05, 0.1) is 17.4 Å². The van der Waals surface area contributed by atoms with Gasteiger partial charge in [0.2, 0.25) is 0 Å². The van der Waals surface area contributed by atoms with Gasteiger partial charge in [-0.1, -0.05) is 26.0 Å². The molecule has 0 bridgehead atoms. The highest BCUT2D eigenvalue weighted by Crippen LogP contribution is 2.18. The average molecular weight is 314 g/mol. The van der Waals surface area contributed by atoms with Gasteiger partial charge in [-0.15, -0.1) is 0 Å². The number of hydrogen-bond donors (Lipinski definition) is 0. The Kier molecular flexibility index (Phi) is 5.34. The quantitative estimate of drug-likeness (QED) is 0.785. The van der Waals surface area contributed by atoms with Crippen LogP contribution in [0.15, 0.2) is 30.6 Å². The van der Waals surface area contributed by atoms with Crippen molar-refractivity contribution < 1.29 is 0 Å². The van der Waals surface area contributed by atoms with Crippen LogP contribution < -0.4 is 0 Å². The first-order chi connectivity index (χ1) is 11.1. The van der Waals surface area contributed by atoms with Crippen molar-refractivity contribution in [1.29, 1.82) is 0 Å². The molecule has 0 amide bonds. The van der Waals surface area contributed by atoms with Gasteiger partial charge in [-0.3, -0.25) is 0 Å². The first-order valence-corrected chi connectivity index (χ1v) is 8.92. The predicted octanol–water partition coefficient (Wildman–Crippen LogP) is 2.95. The van der Waals surface area contributed by atoms with E-state index < -0.39 is 0 Å². The Labute approximate surface area is 140 Å². The number of nitrogens with zero attached hydrogens (tertiary/aromatic N) is 4. The van der Waals surface area contributed by atoms with E-state index in [0.717, 1.165) is 30.4 Å². The Morgan fingerprint density at radius 3 is 2.96 bits per heavy atom. The molecule has 1 aliphatic heterocycles. The standard InChI is InChI=1S/C19H30N4/c1-16(2)12-22-9-8-17(14-22)13-21(3)10-11-23-15-20-18-6-4-5-7-19(18)23/h4-7,15-17H,8-14H2,1-3H3. The van der Waals surface area contributed by atoms with E-state index in [9.17, 15) is 0 Å². The Morgan fingerprint density at radius 2 is 2.13 bits per heavy atom. The summed E-state index contributed by atoms with van der Waals surface area (Å²) < 4.78 is 2.27. The fourth-order valence-electron chi connectivity index (χ4n) is 3.74. The minimum atomic E-state index is 0.779. The minimum absolute atomic E-state index is 0.779. The summed E-state index contributed by atoms with van der Waals surface area (Å²) >= 11 is 0. The van der Waals surface area contributed by atoms with Gasteiger partial charge < -0.3 is 14.4 Å². The van der Waals surface area contributed by atoms with E-state index in [1.165, 1.54) is 38.1 Å². The summed E-state index contributed by atoms with van der Waals surface area (Å²) in [6.07, 6.45) is 3.32. The monoisotopic (exact) mass is 314 g/mol. The zero-order chi connectivity index (χ0) is 16.2. The SMILES string of the molecule is CC(C)CN1CCC(CN(C)CCn2cnc3ccccc32)C1. The van der Waals surface area contributed by atoms with Gasteiger partial charge in [0, 0.05) is 32.7 Å². The third kappa shape index (κ3) is 4.33. The molecule has 1 fully saturated rings. The smallest absolute Gasteiger partial charge is 0.0958 e. The molecule has 4 nitrogen and oxygen atoms in total. The number of imidazole rings is 1. The van der Waals surface area contributed by atoms with Crippen LogP contribution in [0.3, 0.4) is 0 Å². The van der Waals surface area contributed by atoms with Crippen molar-refractivity contribution in [3.63, 3.8) is 0 Å². The van der Waals surface area contributed by atoms with Crippen molar-refractivity contribution in [3.8, 4) is 0 Å². The summed E-state index contributed by atoms with van der Waals surface area (Å²) in [6.45, 7) is 11.7. The number of aromatic nitrogens is 2. The van der Waals surface area contributed by atoms with E-state index in [0.29, 0.717) is 0 Å². The maximum absolute atomic E-state index is 4.48. The molecule has 2 aromatic rings. The second-order valence-corrected chi connectivity index (χ2v) is 7.50. The molecule has 1 aromatic carbocycles. The third-order valence-electron chi connectivity index (χ3n) is 4.81. The highest BCUT2D eigenvalue weighted by Gasteiger charge is 2.23. The van der Waals surface area contributed by atoms with Gasteiger partial charge in [-0.25, -0.2) is 4.98 Å². The lowest BCUT2D eigenvalue weighted by Crippen LogP contribution is -2.31. The zero-order valence-corrected chi connectivity index (χ0v) is 14.8. The fraction of sp³-hybridized carbons (Fsp3) is 0.632. The second-order valence-electron chi connectivity index (χ2n) is 7.50. The number of likely N-dealkylation sites (tertiary alicyclic amines) is 1. The molecule has 126 valence electrons. The van der Waals surface area contributed by atoms with E-state index in [4.69, 9.17) is 0 Å². The Balaban J connectivity index is 1.46. The molecular formula is C19H30N4. The molecular weight excluding hydrogens is 284 g/mol. The van der Waals surface area contributed by atoms with Crippen LogP contribution in [0.5, 0.6) is 0 Å². The summed E-state index contributed by atoms with van der Waals surface area (Å²) in [5, 5.41) is 0. The van der Waals surface area contributed by atoms with Crippen molar-refractivity contribution in [3.05, 3.63) is 30.6 Å². The highest BCUT2D eigenvalue weighted by molar-refractivity contribution is 5.74. The lowest BCUT2D eigenvalue weighted by atomic mass is 10.1. The molecule has 3 rings (SSSR count). The van der Waals surface area contributed by atoms with Crippen molar-refractivity contribution in [1.82, 2.24) is 19.4 Å². The molecule has 1 aromatic heterocycles. The lowest BCUT2D eigenvalue weighted by molar-refractivity contribution is 0.246. The van der Waals surface area contributed by atoms with Gasteiger partial charge in [0.15, 0.2) is 0 Å². The second kappa shape index (κ2) is 7.45. The molecule has 1 saturated heterocycles. The molecule has 0 aliphatic carbocycles. The molecule has 1 aliphatic rings. The van der Waals surface area contributed by atoms with Crippen molar-refractivity contribution in [2.75, 3.05) is 39.8 Å². The number of fused-ring (bicyclic) bond motifs is 1. The van der Waals surface area contributed by atoms with E-state index in [-0.39, 0.29) is 0 Å². The molecule has 0 radical (unpaired) electrons.